The molecular weight excluding hydrogens is 223 g/mol. The Morgan fingerprint density at radius 2 is 2.07 bits per heavy atom. The average molecular weight is 231 g/mol. The van der Waals surface area contributed by atoms with Gasteiger partial charge in [0.25, 0.3) is 0 Å². The van der Waals surface area contributed by atoms with Crippen LogP contribution in [0.5, 0.6) is 5.75 Å². The molecule has 0 spiro atoms. The highest BCUT2D eigenvalue weighted by atomic mass is 35.5. The molecule has 0 unspecified atom stereocenters. The number of ether oxygens (including phenoxy) is 1. The smallest absolute Gasteiger partial charge is 0.166 e. The number of carbonyl (C=O) groups is 1. The van der Waals surface area contributed by atoms with E-state index in [0.717, 1.165) is 6.42 Å². The molecule has 0 N–H and O–H groups in total. The van der Waals surface area contributed by atoms with Gasteiger partial charge in [0.2, 0.25) is 0 Å². The first kappa shape index (κ1) is 9.81. The molecule has 0 bridgehead atoms. The van der Waals surface area contributed by atoms with Crippen molar-refractivity contribution in [3.05, 3.63) is 27.7 Å². The van der Waals surface area contributed by atoms with Crippen LogP contribution in [0.15, 0.2) is 12.1 Å². The van der Waals surface area contributed by atoms with Gasteiger partial charge >= 0.3 is 0 Å². The van der Waals surface area contributed by atoms with Crippen molar-refractivity contribution >= 4 is 29.0 Å². The maximum Gasteiger partial charge on any atom is 0.166 e. The molecule has 4 heteroatoms. The maximum absolute atomic E-state index is 11.6. The highest BCUT2D eigenvalue weighted by Crippen LogP contribution is 2.37. The van der Waals surface area contributed by atoms with Crippen LogP contribution in [0, 0.1) is 0 Å². The second kappa shape index (κ2) is 3.79. The predicted octanol–water partition coefficient (Wildman–Crippen LogP) is 3.35. The number of halogens is 2. The van der Waals surface area contributed by atoms with Gasteiger partial charge in [0.05, 0.1) is 17.2 Å². The van der Waals surface area contributed by atoms with E-state index in [1.807, 2.05) is 0 Å². The molecule has 1 aliphatic heterocycles. The lowest BCUT2D eigenvalue weighted by Crippen LogP contribution is -1.98. The van der Waals surface area contributed by atoms with E-state index >= 15 is 0 Å². The minimum Gasteiger partial charge on any atom is -0.491 e. The average Bonchev–Trinajstić information content (AvgIpc) is 2.35. The summed E-state index contributed by atoms with van der Waals surface area (Å²) in [5, 5.41) is 0.750. The molecule has 1 aliphatic rings. The van der Waals surface area contributed by atoms with E-state index in [1.54, 1.807) is 12.1 Å². The van der Waals surface area contributed by atoms with Gasteiger partial charge in [-0.05, 0) is 18.6 Å². The summed E-state index contributed by atoms with van der Waals surface area (Å²) in [5.74, 6) is 0.498. The van der Waals surface area contributed by atoms with Crippen molar-refractivity contribution in [1.29, 1.82) is 0 Å². The Balaban J connectivity index is 2.58. The lowest BCUT2D eigenvalue weighted by Gasteiger charge is -2.08. The topological polar surface area (TPSA) is 26.3 Å². The highest BCUT2D eigenvalue weighted by molar-refractivity contribution is 6.43. The molecule has 74 valence electrons. The van der Waals surface area contributed by atoms with Crippen molar-refractivity contribution in [3.8, 4) is 5.75 Å². The van der Waals surface area contributed by atoms with Crippen LogP contribution in [0.4, 0.5) is 0 Å². The molecule has 0 radical (unpaired) electrons. The van der Waals surface area contributed by atoms with Crippen molar-refractivity contribution in [3.63, 3.8) is 0 Å². The first-order valence-electron chi connectivity index (χ1n) is 4.34. The van der Waals surface area contributed by atoms with E-state index in [-0.39, 0.29) is 5.78 Å². The third-order valence-electron chi connectivity index (χ3n) is 2.14. The fourth-order valence-electron chi connectivity index (χ4n) is 1.43. The van der Waals surface area contributed by atoms with E-state index in [4.69, 9.17) is 27.9 Å². The molecule has 1 heterocycles. The van der Waals surface area contributed by atoms with Gasteiger partial charge in [-0.3, -0.25) is 4.79 Å². The van der Waals surface area contributed by atoms with Gasteiger partial charge < -0.3 is 4.74 Å². The first-order chi connectivity index (χ1) is 6.70. The minimum atomic E-state index is 0.0658. The number of carbonyl (C=O) groups excluding carboxylic acids is 1. The molecule has 0 atom stereocenters. The zero-order valence-corrected chi connectivity index (χ0v) is 8.86. The van der Waals surface area contributed by atoms with Crippen molar-refractivity contribution in [2.75, 3.05) is 6.61 Å². The molecule has 1 aromatic rings. The number of fused-ring (bicyclic) bond motifs is 1. The maximum atomic E-state index is 11.6. The lowest BCUT2D eigenvalue weighted by atomic mass is 10.1. The molecule has 0 amide bonds. The standard InChI is InChI=1S/C10H8Cl2O2/c11-7-4-3-6-8(13)2-1-5-14-10(6)9(7)12/h3-4H,1-2,5H2. The molecule has 2 rings (SSSR count). The minimum absolute atomic E-state index is 0.0658. The van der Waals surface area contributed by atoms with E-state index in [2.05, 4.69) is 0 Å². The number of rotatable bonds is 0. The van der Waals surface area contributed by atoms with E-state index in [0.29, 0.717) is 34.4 Å². The zero-order valence-electron chi connectivity index (χ0n) is 7.35. The Bertz CT molecular complexity index is 388. The Morgan fingerprint density at radius 3 is 2.86 bits per heavy atom. The normalized spacial score (nSPS) is 15.7. The lowest BCUT2D eigenvalue weighted by molar-refractivity contribution is 0.0983. The quantitative estimate of drug-likeness (QED) is 0.684. The van der Waals surface area contributed by atoms with E-state index < -0.39 is 0 Å². The molecular formula is C10H8Cl2O2. The molecule has 2 nitrogen and oxygen atoms in total. The molecule has 0 fully saturated rings. The Labute approximate surface area is 91.8 Å². The summed E-state index contributed by atoms with van der Waals surface area (Å²) in [6.45, 7) is 0.513. The van der Waals surface area contributed by atoms with Crippen LogP contribution in [-0.2, 0) is 0 Å². The SMILES string of the molecule is O=C1CCCOc2c1ccc(Cl)c2Cl. The van der Waals surface area contributed by atoms with Crippen LogP contribution in [-0.4, -0.2) is 12.4 Å². The van der Waals surface area contributed by atoms with Crippen molar-refractivity contribution < 1.29 is 9.53 Å². The first-order valence-corrected chi connectivity index (χ1v) is 5.10. The molecule has 0 aliphatic carbocycles. The second-order valence-corrected chi connectivity index (χ2v) is 3.90. The summed E-state index contributed by atoms with van der Waals surface area (Å²) in [6.07, 6.45) is 1.23. The predicted molar refractivity (Wildman–Crippen MR) is 55.5 cm³/mol. The van der Waals surface area contributed by atoms with Gasteiger partial charge in [-0.25, -0.2) is 0 Å². The van der Waals surface area contributed by atoms with Crippen LogP contribution >= 0.6 is 23.2 Å². The molecule has 0 saturated heterocycles. The summed E-state index contributed by atoms with van der Waals surface area (Å²) < 4.78 is 5.39. The molecule has 1 aromatic carbocycles. The summed E-state index contributed by atoms with van der Waals surface area (Å²) in [7, 11) is 0. The summed E-state index contributed by atoms with van der Waals surface area (Å²) in [6, 6.07) is 3.28. The molecule has 0 saturated carbocycles. The third-order valence-corrected chi connectivity index (χ3v) is 2.93. The third kappa shape index (κ3) is 1.60. The summed E-state index contributed by atoms with van der Waals surface area (Å²) in [5.41, 5.74) is 0.539. The highest BCUT2D eigenvalue weighted by Gasteiger charge is 2.20. The summed E-state index contributed by atoms with van der Waals surface area (Å²) in [4.78, 5) is 11.6. The monoisotopic (exact) mass is 230 g/mol. The number of benzene rings is 1. The second-order valence-electron chi connectivity index (χ2n) is 3.11. The van der Waals surface area contributed by atoms with Crippen LogP contribution < -0.4 is 4.74 Å². The van der Waals surface area contributed by atoms with Gasteiger partial charge in [0.1, 0.15) is 10.8 Å². The van der Waals surface area contributed by atoms with E-state index in [1.165, 1.54) is 0 Å². The fourth-order valence-corrected chi connectivity index (χ4v) is 1.80. The Hall–Kier alpha value is -0.730. The van der Waals surface area contributed by atoms with Crippen molar-refractivity contribution in [2.45, 2.75) is 12.8 Å². The Morgan fingerprint density at radius 1 is 1.29 bits per heavy atom. The van der Waals surface area contributed by atoms with Gasteiger partial charge in [0.15, 0.2) is 5.78 Å². The van der Waals surface area contributed by atoms with Crippen molar-refractivity contribution in [2.24, 2.45) is 0 Å². The number of Topliss-reactive ketones (excluding diaryl/α,β-unsaturated/α-hetero) is 1. The number of hydrogen-bond donors (Lipinski definition) is 0. The van der Waals surface area contributed by atoms with Crippen molar-refractivity contribution in [1.82, 2.24) is 0 Å². The zero-order chi connectivity index (χ0) is 10.1. The molecule has 14 heavy (non-hydrogen) atoms. The van der Waals surface area contributed by atoms with Gasteiger partial charge in [0, 0.05) is 6.42 Å². The molecule has 0 aromatic heterocycles. The van der Waals surface area contributed by atoms with Gasteiger partial charge in [-0.2, -0.15) is 0 Å². The largest absolute Gasteiger partial charge is 0.491 e. The van der Waals surface area contributed by atoms with Crippen LogP contribution in [0.25, 0.3) is 0 Å². The number of ketones is 1. The van der Waals surface area contributed by atoms with Crippen LogP contribution in [0.1, 0.15) is 23.2 Å². The Kier molecular flexibility index (Phi) is 2.66. The number of hydrogen-bond acceptors (Lipinski definition) is 2. The van der Waals surface area contributed by atoms with Gasteiger partial charge in [-0.1, -0.05) is 23.2 Å². The van der Waals surface area contributed by atoms with Crippen LogP contribution in [0.2, 0.25) is 10.0 Å². The van der Waals surface area contributed by atoms with Crippen LogP contribution in [0.3, 0.4) is 0 Å². The van der Waals surface area contributed by atoms with Gasteiger partial charge in [-0.15, -0.1) is 0 Å². The fraction of sp³-hybridized carbons (Fsp3) is 0.300. The van der Waals surface area contributed by atoms with E-state index in [9.17, 15) is 4.79 Å². The summed E-state index contributed by atoms with van der Waals surface area (Å²) >= 11 is 11.8.